The molecule has 1 aromatic heterocycles. The summed E-state index contributed by atoms with van der Waals surface area (Å²) >= 11 is 7.63. The normalized spacial score (nSPS) is 12.2. The van der Waals surface area contributed by atoms with Crippen molar-refractivity contribution in [2.75, 3.05) is 19.8 Å². The Labute approximate surface area is 133 Å². The smallest absolute Gasteiger partial charge is 0.306 e. The van der Waals surface area contributed by atoms with Gasteiger partial charge in [0, 0.05) is 10.6 Å². The molecular weight excluding hydrogens is 308 g/mol. The van der Waals surface area contributed by atoms with E-state index in [1.807, 2.05) is 37.6 Å². The minimum absolute atomic E-state index is 0.554. The molecule has 1 heterocycles. The van der Waals surface area contributed by atoms with E-state index in [0.717, 1.165) is 17.3 Å². The van der Waals surface area contributed by atoms with Crippen LogP contribution in [0.4, 0.5) is 0 Å². The second kappa shape index (κ2) is 7.47. The number of aromatic nitrogens is 2. The summed E-state index contributed by atoms with van der Waals surface area (Å²) < 4.78 is 7.47. The van der Waals surface area contributed by atoms with E-state index in [2.05, 4.69) is 27.0 Å². The third-order valence-corrected chi connectivity index (χ3v) is 4.04. The summed E-state index contributed by atoms with van der Waals surface area (Å²) in [6.45, 7) is 3.51. The zero-order valence-corrected chi connectivity index (χ0v) is 13.8. The fourth-order valence-corrected chi connectivity index (χ4v) is 2.79. The Kier molecular flexibility index (Phi) is 5.64. The summed E-state index contributed by atoms with van der Waals surface area (Å²) in [6, 6.07) is 7.41. The van der Waals surface area contributed by atoms with Gasteiger partial charge in [0.15, 0.2) is 6.54 Å². The fraction of sp³-hybridized carbons (Fsp3) is 0.357. The Balaban J connectivity index is 2.22. The topological polar surface area (TPSA) is 54.0 Å². The Bertz CT molecular complexity index is 635. The molecule has 2 rings (SSSR count). The van der Waals surface area contributed by atoms with E-state index in [1.165, 1.54) is 0 Å². The molecular formula is C14H18ClN4OS+. The lowest BCUT2D eigenvalue weighted by molar-refractivity contribution is -0.542. The van der Waals surface area contributed by atoms with Gasteiger partial charge in [-0.2, -0.15) is 4.98 Å². The number of hydrogen-bond donors (Lipinski definition) is 1. The Hall–Kier alpha value is -1.53. The maximum Gasteiger partial charge on any atom is 0.306 e. The van der Waals surface area contributed by atoms with Crippen LogP contribution >= 0.6 is 23.4 Å². The highest BCUT2D eigenvalue weighted by Crippen LogP contribution is 2.20. The van der Waals surface area contributed by atoms with Gasteiger partial charge in [0.2, 0.25) is 5.82 Å². The van der Waals surface area contributed by atoms with Crippen LogP contribution in [-0.4, -0.2) is 39.7 Å². The Morgan fingerprint density at radius 2 is 2.29 bits per heavy atom. The molecule has 21 heavy (non-hydrogen) atoms. The maximum atomic E-state index is 5.98. The second-order valence-electron chi connectivity index (χ2n) is 4.30. The molecule has 0 atom stereocenters. The lowest BCUT2D eigenvalue weighted by atomic mass is 10.2. The van der Waals surface area contributed by atoms with E-state index in [0.29, 0.717) is 23.3 Å². The number of nitrogens with zero attached hydrogens (tertiary/aromatic N) is 3. The molecule has 0 saturated heterocycles. The van der Waals surface area contributed by atoms with Gasteiger partial charge in [-0.1, -0.05) is 28.9 Å². The standard InChI is InChI=1S/C14H17ClN4OS/c1-4-19(14(16-2)21-3)9-12-17-13(18-20-12)10-6-5-7-11(15)8-10/h5-8H,4,9H2,1-3H3/p+1. The second-order valence-corrected chi connectivity index (χ2v) is 5.53. The van der Waals surface area contributed by atoms with Gasteiger partial charge >= 0.3 is 5.17 Å². The monoisotopic (exact) mass is 325 g/mol. The molecule has 0 saturated carbocycles. The molecule has 0 aliphatic heterocycles. The van der Waals surface area contributed by atoms with Crippen LogP contribution in [0.5, 0.6) is 0 Å². The van der Waals surface area contributed by atoms with Gasteiger partial charge in [0.05, 0.1) is 13.6 Å². The van der Waals surface area contributed by atoms with Crippen molar-refractivity contribution in [1.29, 1.82) is 0 Å². The van der Waals surface area contributed by atoms with Gasteiger partial charge in [-0.25, -0.2) is 4.58 Å². The Morgan fingerprint density at radius 1 is 1.48 bits per heavy atom. The highest BCUT2D eigenvalue weighted by Gasteiger charge is 2.15. The molecule has 7 heteroatoms. The van der Waals surface area contributed by atoms with Gasteiger partial charge in [0.1, 0.15) is 0 Å². The summed E-state index contributed by atoms with van der Waals surface area (Å²) in [7, 11) is 1.90. The van der Waals surface area contributed by atoms with Crippen LogP contribution in [0.25, 0.3) is 11.4 Å². The van der Waals surface area contributed by atoms with Gasteiger partial charge < -0.3 is 4.52 Å². The van der Waals surface area contributed by atoms with Gasteiger partial charge in [-0.15, -0.1) is 0 Å². The first kappa shape index (κ1) is 15.9. The van der Waals surface area contributed by atoms with Gasteiger partial charge in [-0.3, -0.25) is 5.32 Å². The average Bonchev–Trinajstić information content (AvgIpc) is 2.96. The average molecular weight is 326 g/mol. The molecule has 2 aromatic rings. The molecule has 0 aliphatic carbocycles. The molecule has 0 fully saturated rings. The van der Waals surface area contributed by atoms with Crippen molar-refractivity contribution in [2.45, 2.75) is 13.5 Å². The number of benzene rings is 1. The van der Waals surface area contributed by atoms with E-state index in [1.54, 1.807) is 11.8 Å². The van der Waals surface area contributed by atoms with E-state index in [-0.39, 0.29) is 0 Å². The van der Waals surface area contributed by atoms with E-state index in [9.17, 15) is 0 Å². The molecule has 0 spiro atoms. The Morgan fingerprint density at radius 3 is 2.90 bits per heavy atom. The predicted octanol–water partition coefficient (Wildman–Crippen LogP) is 2.86. The summed E-state index contributed by atoms with van der Waals surface area (Å²) in [6.07, 6.45) is 2.03. The molecule has 1 aromatic carbocycles. The molecule has 5 nitrogen and oxygen atoms in total. The van der Waals surface area contributed by atoms with Crippen molar-refractivity contribution in [3.05, 3.63) is 35.2 Å². The van der Waals surface area contributed by atoms with Gasteiger partial charge in [-0.05, 0) is 37.1 Å². The molecule has 112 valence electrons. The largest absolute Gasteiger partial charge is 0.335 e. The number of hydrogen-bond acceptors (Lipinski definition) is 4. The number of nitrogens with one attached hydrogen (secondary N) is 1. The number of amidine groups is 1. The highest BCUT2D eigenvalue weighted by atomic mass is 35.5. The SMILES string of the molecule is CC[N+](Cc1nc(-c2cccc(Cl)c2)no1)=C(NC)SC. The van der Waals surface area contributed by atoms with E-state index >= 15 is 0 Å². The molecule has 0 amide bonds. The number of rotatable bonds is 4. The molecule has 0 bridgehead atoms. The first-order chi connectivity index (χ1) is 10.2. The van der Waals surface area contributed by atoms with Crippen LogP contribution in [-0.2, 0) is 6.54 Å². The number of halogens is 1. The predicted molar refractivity (Wildman–Crippen MR) is 86.8 cm³/mol. The van der Waals surface area contributed by atoms with Crippen molar-refractivity contribution in [2.24, 2.45) is 0 Å². The van der Waals surface area contributed by atoms with E-state index < -0.39 is 0 Å². The van der Waals surface area contributed by atoms with Crippen molar-refractivity contribution < 1.29 is 9.10 Å². The van der Waals surface area contributed by atoms with Crippen LogP contribution in [0, 0.1) is 0 Å². The van der Waals surface area contributed by atoms with Crippen LogP contribution in [0.3, 0.4) is 0 Å². The number of thioether (sulfide) groups is 1. The van der Waals surface area contributed by atoms with Crippen LogP contribution in [0.15, 0.2) is 28.8 Å². The van der Waals surface area contributed by atoms with Crippen molar-refractivity contribution in [3.8, 4) is 11.4 Å². The first-order valence-corrected chi connectivity index (χ1v) is 8.20. The molecule has 0 radical (unpaired) electrons. The van der Waals surface area contributed by atoms with E-state index in [4.69, 9.17) is 16.1 Å². The lowest BCUT2D eigenvalue weighted by Crippen LogP contribution is -2.28. The van der Waals surface area contributed by atoms with Crippen LogP contribution in [0.1, 0.15) is 12.8 Å². The molecule has 1 N–H and O–H groups in total. The zero-order valence-electron chi connectivity index (χ0n) is 12.3. The van der Waals surface area contributed by atoms with Gasteiger partial charge in [0.25, 0.3) is 5.89 Å². The minimum Gasteiger partial charge on any atom is -0.335 e. The summed E-state index contributed by atoms with van der Waals surface area (Å²) in [5, 5.41) is 8.91. The summed E-state index contributed by atoms with van der Waals surface area (Å²) in [5.74, 6) is 1.13. The quantitative estimate of drug-likeness (QED) is 0.532. The summed E-state index contributed by atoms with van der Waals surface area (Å²) in [4.78, 5) is 4.43. The molecule has 0 aliphatic rings. The summed E-state index contributed by atoms with van der Waals surface area (Å²) in [5.41, 5.74) is 0.850. The van der Waals surface area contributed by atoms with Crippen LogP contribution in [0.2, 0.25) is 5.02 Å². The minimum atomic E-state index is 0.554. The zero-order chi connectivity index (χ0) is 15.2. The first-order valence-electron chi connectivity index (χ1n) is 6.60. The van der Waals surface area contributed by atoms with Crippen molar-refractivity contribution in [1.82, 2.24) is 15.5 Å². The maximum absolute atomic E-state index is 5.98. The lowest BCUT2D eigenvalue weighted by Gasteiger charge is -2.05. The third kappa shape index (κ3) is 3.98. The van der Waals surface area contributed by atoms with Crippen molar-refractivity contribution in [3.63, 3.8) is 0 Å². The van der Waals surface area contributed by atoms with Crippen LogP contribution < -0.4 is 5.32 Å². The third-order valence-electron chi connectivity index (χ3n) is 2.95. The fourth-order valence-electron chi connectivity index (χ4n) is 1.94. The highest BCUT2D eigenvalue weighted by molar-refractivity contribution is 8.13. The molecule has 0 unspecified atom stereocenters. The van der Waals surface area contributed by atoms with Crippen molar-refractivity contribution >= 4 is 28.5 Å².